The van der Waals surface area contributed by atoms with Gasteiger partial charge < -0.3 is 25.0 Å². The number of methoxy groups -OCH3 is 1. The van der Waals surface area contributed by atoms with Crippen molar-refractivity contribution in [3.05, 3.63) is 58.7 Å². The average Bonchev–Trinajstić information content (AvgIpc) is 2.62. The lowest BCUT2D eigenvalue weighted by atomic mass is 9.87. The van der Waals surface area contributed by atoms with E-state index >= 15 is 0 Å². The number of phenols is 1. The van der Waals surface area contributed by atoms with Gasteiger partial charge in [-0.15, -0.1) is 0 Å². The molecule has 0 amide bonds. The second-order valence-electron chi connectivity index (χ2n) is 6.78. The van der Waals surface area contributed by atoms with Gasteiger partial charge in [0.25, 0.3) is 0 Å². The fraction of sp³-hybridized carbons (Fsp3) is 0.429. The zero-order chi connectivity index (χ0) is 18.5. The van der Waals surface area contributed by atoms with Crippen LogP contribution in [0.1, 0.15) is 34.7 Å². The minimum absolute atomic E-state index is 0.131. The molecular formula is C21H27NO4. The van der Waals surface area contributed by atoms with E-state index in [9.17, 15) is 10.2 Å². The normalized spacial score (nSPS) is 19.2. The van der Waals surface area contributed by atoms with Crippen LogP contribution in [0.15, 0.2) is 36.4 Å². The number of aryl methyl sites for hydroxylation is 1. The van der Waals surface area contributed by atoms with Crippen molar-refractivity contribution in [2.24, 2.45) is 0 Å². The van der Waals surface area contributed by atoms with Crippen LogP contribution < -0.4 is 10.1 Å². The maximum atomic E-state index is 10.7. The first-order valence-corrected chi connectivity index (χ1v) is 9.02. The molecule has 2 atom stereocenters. The van der Waals surface area contributed by atoms with E-state index in [2.05, 4.69) is 11.4 Å². The largest absolute Gasteiger partial charge is 0.504 e. The standard InChI is InChI=1S/C21H27NO4/c1-14-10-16-11-17(8-9-23)22-18(19(16)20(24)21(14)25-2)13-26-12-15-6-4-3-5-7-15/h3-7,10,17-18,22-24H,8-9,11-13H2,1-2H3/t17-,18+/m1/s1. The number of hydrogen-bond acceptors (Lipinski definition) is 5. The van der Waals surface area contributed by atoms with Gasteiger partial charge in [-0.05, 0) is 36.5 Å². The number of hydrogen-bond donors (Lipinski definition) is 3. The van der Waals surface area contributed by atoms with Crippen molar-refractivity contribution >= 4 is 0 Å². The Morgan fingerprint density at radius 1 is 1.23 bits per heavy atom. The molecule has 2 aromatic carbocycles. The molecule has 1 heterocycles. The first-order chi connectivity index (χ1) is 12.6. The fourth-order valence-corrected chi connectivity index (χ4v) is 3.71. The van der Waals surface area contributed by atoms with Crippen LogP contribution in [0.2, 0.25) is 0 Å². The quantitative estimate of drug-likeness (QED) is 0.711. The molecule has 1 aliphatic rings. The Balaban J connectivity index is 1.82. The molecule has 0 saturated heterocycles. The molecule has 2 aromatic rings. The van der Waals surface area contributed by atoms with E-state index in [0.717, 1.165) is 28.7 Å². The minimum Gasteiger partial charge on any atom is -0.504 e. The average molecular weight is 357 g/mol. The lowest BCUT2D eigenvalue weighted by Crippen LogP contribution is -2.42. The molecule has 5 heteroatoms. The third-order valence-corrected chi connectivity index (χ3v) is 4.89. The molecule has 0 bridgehead atoms. The van der Waals surface area contributed by atoms with E-state index in [4.69, 9.17) is 9.47 Å². The van der Waals surface area contributed by atoms with Gasteiger partial charge in [0, 0.05) is 18.2 Å². The number of nitrogens with one attached hydrogen (secondary N) is 1. The zero-order valence-electron chi connectivity index (χ0n) is 15.4. The summed E-state index contributed by atoms with van der Waals surface area (Å²) >= 11 is 0. The zero-order valence-corrected chi connectivity index (χ0v) is 15.4. The number of aliphatic hydroxyl groups is 1. The van der Waals surface area contributed by atoms with Crippen molar-refractivity contribution in [1.29, 1.82) is 0 Å². The van der Waals surface area contributed by atoms with Crippen LogP contribution in [0, 0.1) is 6.92 Å². The van der Waals surface area contributed by atoms with Gasteiger partial charge in [0.15, 0.2) is 11.5 Å². The summed E-state index contributed by atoms with van der Waals surface area (Å²) in [7, 11) is 1.57. The first-order valence-electron chi connectivity index (χ1n) is 9.02. The molecule has 0 aromatic heterocycles. The molecule has 5 nitrogen and oxygen atoms in total. The highest BCUT2D eigenvalue weighted by atomic mass is 16.5. The Labute approximate surface area is 154 Å². The third-order valence-electron chi connectivity index (χ3n) is 4.89. The number of aliphatic hydroxyl groups excluding tert-OH is 1. The predicted octanol–water partition coefficient (Wildman–Crippen LogP) is 2.86. The summed E-state index contributed by atoms with van der Waals surface area (Å²) in [5.74, 6) is 0.699. The van der Waals surface area contributed by atoms with Gasteiger partial charge in [0.2, 0.25) is 0 Å². The second-order valence-corrected chi connectivity index (χ2v) is 6.78. The SMILES string of the molecule is COc1c(C)cc2c(c1O)[C@H](COCc1ccccc1)N[C@H](CCO)C2. The van der Waals surface area contributed by atoms with Gasteiger partial charge in [-0.1, -0.05) is 36.4 Å². The fourth-order valence-electron chi connectivity index (χ4n) is 3.71. The molecule has 0 spiro atoms. The van der Waals surface area contributed by atoms with Gasteiger partial charge in [-0.25, -0.2) is 0 Å². The van der Waals surface area contributed by atoms with Gasteiger partial charge in [0.1, 0.15) is 0 Å². The Morgan fingerprint density at radius 2 is 2.00 bits per heavy atom. The summed E-state index contributed by atoms with van der Waals surface area (Å²) in [6.07, 6.45) is 1.43. The maximum absolute atomic E-state index is 10.7. The van der Waals surface area contributed by atoms with Gasteiger partial charge >= 0.3 is 0 Å². The molecule has 0 fully saturated rings. The molecule has 0 radical (unpaired) electrons. The minimum atomic E-state index is -0.145. The second kappa shape index (κ2) is 8.54. The number of rotatable bonds is 7. The van der Waals surface area contributed by atoms with E-state index in [1.54, 1.807) is 7.11 Å². The van der Waals surface area contributed by atoms with Gasteiger partial charge in [0.05, 0.1) is 26.4 Å². The summed E-state index contributed by atoms with van der Waals surface area (Å²) < 4.78 is 11.3. The molecule has 0 unspecified atom stereocenters. The number of ether oxygens (including phenoxy) is 2. The molecular weight excluding hydrogens is 330 g/mol. The highest BCUT2D eigenvalue weighted by Gasteiger charge is 2.31. The van der Waals surface area contributed by atoms with Crippen molar-refractivity contribution in [2.45, 2.75) is 38.5 Å². The number of fused-ring (bicyclic) bond motifs is 1. The first kappa shape index (κ1) is 18.7. The molecule has 3 N–H and O–H groups in total. The number of aromatic hydroxyl groups is 1. The molecule has 140 valence electrons. The van der Waals surface area contributed by atoms with E-state index in [1.807, 2.05) is 37.3 Å². The van der Waals surface area contributed by atoms with Gasteiger partial charge in [-0.3, -0.25) is 0 Å². The monoisotopic (exact) mass is 357 g/mol. The molecule has 0 aliphatic carbocycles. The van der Waals surface area contributed by atoms with E-state index < -0.39 is 0 Å². The lowest BCUT2D eigenvalue weighted by molar-refractivity contribution is 0.0894. The smallest absolute Gasteiger partial charge is 0.163 e. The van der Waals surface area contributed by atoms with Crippen LogP contribution in [0.25, 0.3) is 0 Å². The van der Waals surface area contributed by atoms with E-state index in [0.29, 0.717) is 25.4 Å². The summed E-state index contributed by atoms with van der Waals surface area (Å²) in [4.78, 5) is 0. The topological polar surface area (TPSA) is 71.0 Å². The molecule has 0 saturated carbocycles. The Morgan fingerprint density at radius 3 is 2.69 bits per heavy atom. The Kier molecular flexibility index (Phi) is 6.14. The maximum Gasteiger partial charge on any atom is 0.163 e. The summed E-state index contributed by atoms with van der Waals surface area (Å²) in [6.45, 7) is 3.01. The van der Waals surface area contributed by atoms with Crippen LogP contribution in [0.4, 0.5) is 0 Å². The van der Waals surface area contributed by atoms with Crippen molar-refractivity contribution in [3.63, 3.8) is 0 Å². The van der Waals surface area contributed by atoms with Gasteiger partial charge in [-0.2, -0.15) is 0 Å². The van der Waals surface area contributed by atoms with Crippen LogP contribution in [0.3, 0.4) is 0 Å². The van der Waals surface area contributed by atoms with Crippen LogP contribution in [-0.4, -0.2) is 36.6 Å². The summed E-state index contributed by atoms with van der Waals surface area (Å²) in [5.41, 5.74) is 3.96. The highest BCUT2D eigenvalue weighted by Crippen LogP contribution is 2.42. The van der Waals surface area contributed by atoms with E-state index in [-0.39, 0.29) is 24.4 Å². The van der Waals surface area contributed by atoms with Crippen LogP contribution in [0.5, 0.6) is 11.5 Å². The van der Waals surface area contributed by atoms with E-state index in [1.165, 1.54) is 0 Å². The lowest BCUT2D eigenvalue weighted by Gasteiger charge is -2.34. The van der Waals surface area contributed by atoms with Crippen LogP contribution in [-0.2, 0) is 17.8 Å². The molecule has 26 heavy (non-hydrogen) atoms. The Hall–Kier alpha value is -2.08. The molecule has 1 aliphatic heterocycles. The van der Waals surface area contributed by atoms with Crippen LogP contribution >= 0.6 is 0 Å². The van der Waals surface area contributed by atoms with Crippen molar-refractivity contribution < 1.29 is 19.7 Å². The van der Waals surface area contributed by atoms with Crippen molar-refractivity contribution in [3.8, 4) is 11.5 Å². The third kappa shape index (κ3) is 4.01. The number of benzene rings is 2. The molecule has 3 rings (SSSR count). The summed E-state index contributed by atoms with van der Waals surface area (Å²) in [6, 6.07) is 12.1. The predicted molar refractivity (Wildman–Crippen MR) is 101 cm³/mol. The van der Waals surface area contributed by atoms with Crippen molar-refractivity contribution in [2.75, 3.05) is 20.3 Å². The van der Waals surface area contributed by atoms with Crippen molar-refractivity contribution in [1.82, 2.24) is 5.32 Å². The number of phenolic OH excluding ortho intramolecular Hbond substituents is 1. The summed E-state index contributed by atoms with van der Waals surface area (Å²) in [5, 5.41) is 23.6. The highest BCUT2D eigenvalue weighted by molar-refractivity contribution is 5.56. The Bertz CT molecular complexity index is 733.